The standard InChI is InChI=1S/C34H37ClN4O4S/c1-8-42-33(40)29(43-34(3,4)5)27-19(2)15-25-30(28(27)20-9-12-22(35)13-10-20)44-32(36-25)21-11-14-26-24(16-21)31(37-38(26)6)39-17-23(18-39)41-7/h9-16,23,29H,8,17-18H2,1-7H3/t29-/m0/s1. The molecule has 1 fully saturated rings. The summed E-state index contributed by atoms with van der Waals surface area (Å²) in [5.74, 6) is 0.538. The minimum Gasteiger partial charge on any atom is -0.464 e. The van der Waals surface area contributed by atoms with Crippen molar-refractivity contribution in [3.8, 4) is 21.7 Å². The number of anilines is 1. The summed E-state index contributed by atoms with van der Waals surface area (Å²) in [4.78, 5) is 20.8. The number of thiazole rings is 1. The first-order chi connectivity index (χ1) is 21.0. The average molecular weight is 633 g/mol. The summed E-state index contributed by atoms with van der Waals surface area (Å²) in [6.45, 7) is 11.5. The molecule has 2 aromatic heterocycles. The number of rotatable bonds is 8. The Morgan fingerprint density at radius 3 is 2.48 bits per heavy atom. The Kier molecular flexibility index (Phi) is 8.17. The number of benzene rings is 3. The molecule has 230 valence electrons. The summed E-state index contributed by atoms with van der Waals surface area (Å²) < 4.78 is 20.4. The highest BCUT2D eigenvalue weighted by Crippen LogP contribution is 2.45. The van der Waals surface area contributed by atoms with Crippen molar-refractivity contribution in [2.75, 3.05) is 31.7 Å². The van der Waals surface area contributed by atoms with Gasteiger partial charge in [0, 0.05) is 54.3 Å². The second-order valence-corrected chi connectivity index (χ2v) is 13.6. The number of hydrogen-bond donors (Lipinski definition) is 0. The van der Waals surface area contributed by atoms with Gasteiger partial charge >= 0.3 is 5.97 Å². The van der Waals surface area contributed by atoms with Crippen LogP contribution in [-0.2, 0) is 26.1 Å². The predicted molar refractivity (Wildman–Crippen MR) is 178 cm³/mol. The molecule has 0 saturated carbocycles. The summed E-state index contributed by atoms with van der Waals surface area (Å²) in [6, 6.07) is 16.1. The number of methoxy groups -OCH3 is 1. The van der Waals surface area contributed by atoms with Crippen LogP contribution in [-0.4, -0.2) is 59.2 Å². The Bertz CT molecular complexity index is 1850. The number of halogens is 1. The van der Waals surface area contributed by atoms with Gasteiger partial charge in [-0.05, 0) is 82.1 Å². The average Bonchev–Trinajstić information content (AvgIpc) is 3.51. The van der Waals surface area contributed by atoms with E-state index in [1.54, 1.807) is 25.4 Å². The van der Waals surface area contributed by atoms with Gasteiger partial charge < -0.3 is 19.1 Å². The highest BCUT2D eigenvalue weighted by atomic mass is 35.5. The van der Waals surface area contributed by atoms with Crippen LogP contribution in [0.1, 0.15) is 44.9 Å². The molecule has 1 aliphatic heterocycles. The molecule has 0 bridgehead atoms. The van der Waals surface area contributed by atoms with E-state index in [0.717, 1.165) is 72.9 Å². The molecule has 0 amide bonds. The first-order valence-electron chi connectivity index (χ1n) is 14.8. The lowest BCUT2D eigenvalue weighted by Gasteiger charge is -2.38. The monoisotopic (exact) mass is 632 g/mol. The maximum absolute atomic E-state index is 13.5. The third kappa shape index (κ3) is 5.70. The Balaban J connectivity index is 1.54. The fraction of sp³-hybridized carbons (Fsp3) is 0.382. The van der Waals surface area contributed by atoms with Gasteiger partial charge in [0.1, 0.15) is 5.01 Å². The van der Waals surface area contributed by atoms with Crippen molar-refractivity contribution in [3.63, 3.8) is 0 Å². The number of aryl methyl sites for hydroxylation is 2. The molecule has 1 aliphatic rings. The molecule has 8 nitrogen and oxygen atoms in total. The van der Waals surface area contributed by atoms with Gasteiger partial charge in [-0.15, -0.1) is 11.3 Å². The van der Waals surface area contributed by atoms with Crippen molar-refractivity contribution < 1.29 is 19.0 Å². The minimum absolute atomic E-state index is 0.226. The molecule has 1 atom stereocenters. The maximum atomic E-state index is 13.5. The first kappa shape index (κ1) is 30.5. The smallest absolute Gasteiger partial charge is 0.339 e. The normalized spacial score (nSPS) is 14.8. The Hall–Kier alpha value is -3.50. The van der Waals surface area contributed by atoms with Gasteiger partial charge in [0.25, 0.3) is 0 Å². The first-order valence-corrected chi connectivity index (χ1v) is 16.0. The summed E-state index contributed by atoms with van der Waals surface area (Å²) in [5.41, 5.74) is 5.83. The van der Waals surface area contributed by atoms with Crippen molar-refractivity contribution in [1.29, 1.82) is 0 Å². The lowest BCUT2D eigenvalue weighted by molar-refractivity contribution is -0.166. The van der Waals surface area contributed by atoms with Crippen molar-refractivity contribution >= 4 is 55.8 Å². The summed E-state index contributed by atoms with van der Waals surface area (Å²) in [5, 5.41) is 7.42. The second kappa shape index (κ2) is 11.8. The summed E-state index contributed by atoms with van der Waals surface area (Å²) in [7, 11) is 3.72. The van der Waals surface area contributed by atoms with E-state index in [0.29, 0.717) is 5.02 Å². The minimum atomic E-state index is -0.919. The molecular formula is C34H37ClN4O4S. The van der Waals surface area contributed by atoms with Crippen LogP contribution in [0.4, 0.5) is 5.82 Å². The third-order valence-corrected chi connectivity index (χ3v) is 9.24. The van der Waals surface area contributed by atoms with E-state index in [2.05, 4.69) is 23.1 Å². The van der Waals surface area contributed by atoms with E-state index in [1.807, 2.05) is 69.8 Å². The van der Waals surface area contributed by atoms with Gasteiger partial charge in [0.15, 0.2) is 11.9 Å². The molecule has 3 heterocycles. The Labute approximate surface area is 266 Å². The van der Waals surface area contributed by atoms with Gasteiger partial charge in [-0.3, -0.25) is 4.68 Å². The van der Waals surface area contributed by atoms with Crippen LogP contribution >= 0.6 is 22.9 Å². The summed E-state index contributed by atoms with van der Waals surface area (Å²) in [6.07, 6.45) is -0.693. The van der Waals surface area contributed by atoms with E-state index in [-0.39, 0.29) is 12.7 Å². The Morgan fingerprint density at radius 2 is 1.82 bits per heavy atom. The zero-order valence-corrected chi connectivity index (χ0v) is 27.7. The topological polar surface area (TPSA) is 78.7 Å². The fourth-order valence-corrected chi connectivity index (χ4v) is 6.99. The molecule has 0 unspecified atom stereocenters. The number of esters is 1. The molecule has 0 spiro atoms. The van der Waals surface area contributed by atoms with Crippen LogP contribution in [0, 0.1) is 6.92 Å². The van der Waals surface area contributed by atoms with Crippen LogP contribution < -0.4 is 4.90 Å². The number of carbonyl (C=O) groups excluding carboxylic acids is 1. The van der Waals surface area contributed by atoms with E-state index in [1.165, 1.54) is 0 Å². The molecule has 6 rings (SSSR count). The molecule has 0 N–H and O–H groups in total. The predicted octanol–water partition coefficient (Wildman–Crippen LogP) is 7.73. The number of carbonyl (C=O) groups is 1. The van der Waals surface area contributed by atoms with Crippen molar-refractivity contribution in [2.45, 2.75) is 52.4 Å². The molecule has 5 aromatic rings. The Morgan fingerprint density at radius 1 is 1.11 bits per heavy atom. The molecule has 0 aliphatic carbocycles. The SMILES string of the molecule is CCOC(=O)[C@@H](OC(C)(C)C)c1c(C)cc2nc(-c3ccc4c(c3)c(N3CC(OC)C3)nn4C)sc2c1-c1ccc(Cl)cc1. The molecule has 0 radical (unpaired) electrons. The molecular weight excluding hydrogens is 596 g/mol. The number of ether oxygens (including phenoxy) is 3. The van der Waals surface area contributed by atoms with Gasteiger partial charge in [0.2, 0.25) is 0 Å². The number of fused-ring (bicyclic) bond motifs is 2. The van der Waals surface area contributed by atoms with Crippen LogP contribution in [0.25, 0.3) is 42.8 Å². The van der Waals surface area contributed by atoms with Crippen molar-refractivity contribution in [1.82, 2.24) is 14.8 Å². The molecule has 1 saturated heterocycles. The fourth-order valence-electron chi connectivity index (χ4n) is 5.75. The van der Waals surface area contributed by atoms with Crippen LogP contribution in [0.2, 0.25) is 5.02 Å². The number of aromatic nitrogens is 3. The molecule has 10 heteroatoms. The lowest BCUT2D eigenvalue weighted by Crippen LogP contribution is -2.52. The largest absolute Gasteiger partial charge is 0.464 e. The van der Waals surface area contributed by atoms with Gasteiger partial charge in [0.05, 0.1) is 34.0 Å². The van der Waals surface area contributed by atoms with Crippen LogP contribution in [0.5, 0.6) is 0 Å². The number of hydrogen-bond acceptors (Lipinski definition) is 8. The van der Waals surface area contributed by atoms with Crippen molar-refractivity contribution in [3.05, 3.63) is 64.7 Å². The van der Waals surface area contributed by atoms with E-state index >= 15 is 0 Å². The van der Waals surface area contributed by atoms with Gasteiger partial charge in [-0.25, -0.2) is 9.78 Å². The van der Waals surface area contributed by atoms with Gasteiger partial charge in [-0.2, -0.15) is 5.10 Å². The molecule has 3 aromatic carbocycles. The number of nitrogens with zero attached hydrogens (tertiary/aromatic N) is 4. The van der Waals surface area contributed by atoms with Crippen molar-refractivity contribution in [2.24, 2.45) is 7.05 Å². The zero-order chi connectivity index (χ0) is 31.3. The van der Waals surface area contributed by atoms with E-state index in [9.17, 15) is 4.79 Å². The summed E-state index contributed by atoms with van der Waals surface area (Å²) >= 11 is 7.90. The van der Waals surface area contributed by atoms with E-state index < -0.39 is 17.7 Å². The van der Waals surface area contributed by atoms with E-state index in [4.69, 9.17) is 35.9 Å². The maximum Gasteiger partial charge on any atom is 0.339 e. The van der Waals surface area contributed by atoms with Crippen LogP contribution in [0.3, 0.4) is 0 Å². The second-order valence-electron chi connectivity index (χ2n) is 12.2. The van der Waals surface area contributed by atoms with Gasteiger partial charge in [-0.1, -0.05) is 23.7 Å². The zero-order valence-electron chi connectivity index (χ0n) is 26.1. The lowest BCUT2D eigenvalue weighted by atomic mass is 9.91. The third-order valence-electron chi connectivity index (χ3n) is 7.85. The van der Waals surface area contributed by atoms with Crippen LogP contribution in [0.15, 0.2) is 48.5 Å². The quantitative estimate of drug-likeness (QED) is 0.162. The highest BCUT2D eigenvalue weighted by molar-refractivity contribution is 7.22. The highest BCUT2D eigenvalue weighted by Gasteiger charge is 2.34. The molecule has 44 heavy (non-hydrogen) atoms.